The van der Waals surface area contributed by atoms with Gasteiger partial charge in [-0.2, -0.15) is 5.26 Å². The van der Waals surface area contributed by atoms with Crippen molar-refractivity contribution in [3.63, 3.8) is 0 Å². The van der Waals surface area contributed by atoms with Crippen molar-refractivity contribution in [2.75, 3.05) is 23.8 Å². The zero-order valence-corrected chi connectivity index (χ0v) is 14.2. The number of aryl methyl sites for hydroxylation is 1. The van der Waals surface area contributed by atoms with Crippen LogP contribution in [0.1, 0.15) is 41.6 Å². The lowest BCUT2D eigenvalue weighted by Gasteiger charge is -2.18. The standard InChI is InChI=1S/C18H21N5O/c1-4-5-10-23(3)17-11-16(20-13(2)21-17)18(24)22-15-8-6-14(12-19)7-9-15/h6-9,11H,4-5,10H2,1-3H3,(H,22,24). The van der Waals surface area contributed by atoms with Crippen LogP contribution >= 0.6 is 0 Å². The van der Waals surface area contributed by atoms with Crippen LogP contribution in [-0.4, -0.2) is 29.5 Å². The predicted molar refractivity (Wildman–Crippen MR) is 94.1 cm³/mol. The quantitative estimate of drug-likeness (QED) is 0.883. The van der Waals surface area contributed by atoms with Crippen molar-refractivity contribution in [2.45, 2.75) is 26.7 Å². The Balaban J connectivity index is 2.16. The number of benzene rings is 1. The number of aromatic nitrogens is 2. The highest BCUT2D eigenvalue weighted by Crippen LogP contribution is 2.14. The predicted octanol–water partition coefficient (Wildman–Crippen LogP) is 3.15. The van der Waals surface area contributed by atoms with Gasteiger partial charge in [0.05, 0.1) is 11.6 Å². The van der Waals surface area contributed by atoms with Gasteiger partial charge in [-0.25, -0.2) is 9.97 Å². The number of rotatable bonds is 6. The van der Waals surface area contributed by atoms with Gasteiger partial charge < -0.3 is 10.2 Å². The van der Waals surface area contributed by atoms with Gasteiger partial charge in [-0.15, -0.1) is 0 Å². The molecule has 1 N–H and O–H groups in total. The van der Waals surface area contributed by atoms with Crippen LogP contribution in [-0.2, 0) is 0 Å². The number of carbonyl (C=O) groups excluding carboxylic acids is 1. The molecule has 24 heavy (non-hydrogen) atoms. The minimum atomic E-state index is -0.296. The molecule has 0 atom stereocenters. The first-order chi connectivity index (χ1) is 11.5. The first-order valence-electron chi connectivity index (χ1n) is 7.92. The number of nitrogens with zero attached hydrogens (tertiary/aromatic N) is 4. The minimum absolute atomic E-state index is 0.296. The molecule has 0 unspecified atom stereocenters. The number of carbonyl (C=O) groups is 1. The monoisotopic (exact) mass is 323 g/mol. The Hall–Kier alpha value is -2.94. The third-order valence-corrected chi connectivity index (χ3v) is 3.57. The van der Waals surface area contributed by atoms with E-state index in [4.69, 9.17) is 5.26 Å². The smallest absolute Gasteiger partial charge is 0.274 e. The fraction of sp³-hybridized carbons (Fsp3) is 0.333. The summed E-state index contributed by atoms with van der Waals surface area (Å²) in [5, 5.41) is 11.6. The van der Waals surface area contributed by atoms with E-state index >= 15 is 0 Å². The summed E-state index contributed by atoms with van der Waals surface area (Å²) in [5.41, 5.74) is 1.49. The molecule has 0 aliphatic heterocycles. The maximum Gasteiger partial charge on any atom is 0.274 e. The fourth-order valence-electron chi connectivity index (χ4n) is 2.20. The molecule has 2 aromatic rings. The highest BCUT2D eigenvalue weighted by Gasteiger charge is 2.13. The van der Waals surface area contributed by atoms with E-state index in [-0.39, 0.29) is 5.91 Å². The molecular weight excluding hydrogens is 302 g/mol. The summed E-state index contributed by atoms with van der Waals surface area (Å²) in [6, 6.07) is 10.4. The second-order valence-electron chi connectivity index (χ2n) is 5.58. The summed E-state index contributed by atoms with van der Waals surface area (Å²) in [4.78, 5) is 23.1. The number of amides is 1. The average Bonchev–Trinajstić information content (AvgIpc) is 2.59. The van der Waals surface area contributed by atoms with Crippen molar-refractivity contribution in [1.82, 2.24) is 9.97 Å². The van der Waals surface area contributed by atoms with E-state index in [0.29, 0.717) is 22.8 Å². The highest BCUT2D eigenvalue weighted by atomic mass is 16.1. The molecule has 0 fully saturated rings. The molecule has 1 amide bonds. The van der Waals surface area contributed by atoms with Crippen molar-refractivity contribution in [3.05, 3.63) is 47.4 Å². The van der Waals surface area contributed by atoms with E-state index in [9.17, 15) is 4.79 Å². The molecule has 0 saturated carbocycles. The summed E-state index contributed by atoms with van der Waals surface area (Å²) in [5.74, 6) is 0.997. The molecular formula is C18H21N5O. The molecule has 0 saturated heterocycles. The Kier molecular flexibility index (Phi) is 5.85. The summed E-state index contributed by atoms with van der Waals surface area (Å²) >= 11 is 0. The van der Waals surface area contributed by atoms with Crippen molar-refractivity contribution >= 4 is 17.4 Å². The summed E-state index contributed by atoms with van der Waals surface area (Å²) in [6.07, 6.45) is 2.16. The second-order valence-corrected chi connectivity index (χ2v) is 5.58. The van der Waals surface area contributed by atoms with Crippen LogP contribution in [0.25, 0.3) is 0 Å². The Labute approximate surface area is 142 Å². The maximum atomic E-state index is 12.4. The maximum absolute atomic E-state index is 12.4. The van der Waals surface area contributed by atoms with Gasteiger partial charge in [-0.3, -0.25) is 4.79 Å². The third-order valence-electron chi connectivity index (χ3n) is 3.57. The Morgan fingerprint density at radius 1 is 1.29 bits per heavy atom. The van der Waals surface area contributed by atoms with Gasteiger partial charge in [-0.05, 0) is 37.6 Å². The van der Waals surface area contributed by atoms with Crippen LogP contribution in [0.3, 0.4) is 0 Å². The molecule has 1 aromatic carbocycles. The molecule has 0 spiro atoms. The van der Waals surface area contributed by atoms with E-state index in [0.717, 1.165) is 25.2 Å². The van der Waals surface area contributed by atoms with Gasteiger partial charge >= 0.3 is 0 Å². The van der Waals surface area contributed by atoms with E-state index in [1.807, 2.05) is 18.0 Å². The molecule has 1 heterocycles. The van der Waals surface area contributed by atoms with Gasteiger partial charge in [0, 0.05) is 25.3 Å². The van der Waals surface area contributed by atoms with Crippen LogP contribution < -0.4 is 10.2 Å². The van der Waals surface area contributed by atoms with Crippen molar-refractivity contribution < 1.29 is 4.79 Å². The first-order valence-corrected chi connectivity index (χ1v) is 7.92. The topological polar surface area (TPSA) is 81.9 Å². The zero-order chi connectivity index (χ0) is 17.5. The van der Waals surface area contributed by atoms with Gasteiger partial charge in [0.2, 0.25) is 0 Å². The number of anilines is 2. The first kappa shape index (κ1) is 17.4. The molecule has 0 bridgehead atoms. The van der Waals surface area contributed by atoms with Gasteiger partial charge in [0.25, 0.3) is 5.91 Å². The van der Waals surface area contributed by atoms with Gasteiger partial charge in [-0.1, -0.05) is 13.3 Å². The van der Waals surface area contributed by atoms with Crippen LogP contribution in [0, 0.1) is 18.3 Å². The number of hydrogen-bond acceptors (Lipinski definition) is 5. The normalized spacial score (nSPS) is 10.1. The van der Waals surface area contributed by atoms with E-state index in [1.165, 1.54) is 0 Å². The van der Waals surface area contributed by atoms with Crippen molar-refractivity contribution in [2.24, 2.45) is 0 Å². The molecule has 0 aliphatic carbocycles. The highest BCUT2D eigenvalue weighted by molar-refractivity contribution is 6.03. The number of hydrogen-bond donors (Lipinski definition) is 1. The molecule has 0 radical (unpaired) electrons. The summed E-state index contributed by atoms with van der Waals surface area (Å²) < 4.78 is 0. The number of nitriles is 1. The molecule has 2 rings (SSSR count). The van der Waals surface area contributed by atoms with Crippen LogP contribution in [0.2, 0.25) is 0 Å². The molecule has 124 valence electrons. The van der Waals surface area contributed by atoms with E-state index in [2.05, 4.69) is 22.2 Å². The van der Waals surface area contributed by atoms with E-state index < -0.39 is 0 Å². The Morgan fingerprint density at radius 3 is 2.62 bits per heavy atom. The number of unbranched alkanes of at least 4 members (excludes halogenated alkanes) is 1. The minimum Gasteiger partial charge on any atom is -0.360 e. The summed E-state index contributed by atoms with van der Waals surface area (Å²) in [6.45, 7) is 4.79. The molecule has 1 aromatic heterocycles. The largest absolute Gasteiger partial charge is 0.360 e. The van der Waals surface area contributed by atoms with E-state index in [1.54, 1.807) is 37.3 Å². The van der Waals surface area contributed by atoms with Gasteiger partial charge in [0.15, 0.2) is 0 Å². The average molecular weight is 323 g/mol. The lowest BCUT2D eigenvalue weighted by Crippen LogP contribution is -2.22. The lowest BCUT2D eigenvalue weighted by molar-refractivity contribution is 0.102. The van der Waals surface area contributed by atoms with Crippen LogP contribution in [0.4, 0.5) is 11.5 Å². The van der Waals surface area contributed by atoms with Crippen molar-refractivity contribution in [1.29, 1.82) is 5.26 Å². The van der Waals surface area contributed by atoms with Gasteiger partial charge in [0.1, 0.15) is 17.3 Å². The zero-order valence-electron chi connectivity index (χ0n) is 14.2. The van der Waals surface area contributed by atoms with Crippen molar-refractivity contribution in [3.8, 4) is 6.07 Å². The Morgan fingerprint density at radius 2 is 2.00 bits per heavy atom. The molecule has 6 nitrogen and oxygen atoms in total. The molecule has 0 aliphatic rings. The van der Waals surface area contributed by atoms with Crippen LogP contribution in [0.15, 0.2) is 30.3 Å². The molecule has 6 heteroatoms. The fourth-order valence-corrected chi connectivity index (χ4v) is 2.20. The summed E-state index contributed by atoms with van der Waals surface area (Å²) in [7, 11) is 1.96. The Bertz CT molecular complexity index is 749. The SMILES string of the molecule is CCCCN(C)c1cc(C(=O)Nc2ccc(C#N)cc2)nc(C)n1. The number of nitrogens with one attached hydrogen (secondary N) is 1. The van der Waals surface area contributed by atoms with Crippen LogP contribution in [0.5, 0.6) is 0 Å². The lowest BCUT2D eigenvalue weighted by atomic mass is 10.2. The second kappa shape index (κ2) is 8.06. The third kappa shape index (κ3) is 4.53.